The molecule has 0 aromatic heterocycles. The number of aryl methyl sites for hydroxylation is 1. The standard InChI is InChI=1S/C18H20F2N2O3S/c1-4-22(5-2)26(24,25)17-11-14(8-6-12(17)3)21-18(23)15-9-7-13(19)10-16(15)20/h6-11H,4-5H2,1-3H3,(H,21,23). The van der Waals surface area contributed by atoms with Gasteiger partial charge in [0.1, 0.15) is 11.6 Å². The van der Waals surface area contributed by atoms with E-state index in [1.807, 2.05) is 0 Å². The Balaban J connectivity index is 2.36. The average molecular weight is 382 g/mol. The van der Waals surface area contributed by atoms with Gasteiger partial charge >= 0.3 is 0 Å². The van der Waals surface area contributed by atoms with E-state index >= 15 is 0 Å². The molecule has 0 fully saturated rings. The van der Waals surface area contributed by atoms with Gasteiger partial charge in [-0.2, -0.15) is 4.31 Å². The van der Waals surface area contributed by atoms with Crippen LogP contribution in [-0.4, -0.2) is 31.7 Å². The third kappa shape index (κ3) is 4.08. The summed E-state index contributed by atoms with van der Waals surface area (Å²) in [7, 11) is -3.71. The normalized spacial score (nSPS) is 11.6. The number of nitrogens with zero attached hydrogens (tertiary/aromatic N) is 1. The molecule has 0 aliphatic heterocycles. The van der Waals surface area contributed by atoms with Gasteiger partial charge in [0.2, 0.25) is 10.0 Å². The molecule has 26 heavy (non-hydrogen) atoms. The van der Waals surface area contributed by atoms with Crippen molar-refractivity contribution in [2.75, 3.05) is 18.4 Å². The maximum atomic E-state index is 13.7. The number of carbonyl (C=O) groups is 1. The van der Waals surface area contributed by atoms with Crippen LogP contribution >= 0.6 is 0 Å². The van der Waals surface area contributed by atoms with Gasteiger partial charge < -0.3 is 5.32 Å². The van der Waals surface area contributed by atoms with E-state index in [0.29, 0.717) is 24.7 Å². The van der Waals surface area contributed by atoms with Crippen molar-refractivity contribution in [1.29, 1.82) is 0 Å². The van der Waals surface area contributed by atoms with E-state index in [1.54, 1.807) is 26.8 Å². The van der Waals surface area contributed by atoms with Gasteiger partial charge in [-0.05, 0) is 36.8 Å². The summed E-state index contributed by atoms with van der Waals surface area (Å²) in [5, 5.41) is 2.45. The number of amides is 1. The molecular weight excluding hydrogens is 362 g/mol. The van der Waals surface area contributed by atoms with Gasteiger partial charge in [0.05, 0.1) is 10.5 Å². The monoisotopic (exact) mass is 382 g/mol. The van der Waals surface area contributed by atoms with Crippen LogP contribution < -0.4 is 5.32 Å². The van der Waals surface area contributed by atoms with Crippen molar-refractivity contribution in [2.45, 2.75) is 25.7 Å². The zero-order chi connectivity index (χ0) is 19.5. The molecule has 0 aliphatic carbocycles. The lowest BCUT2D eigenvalue weighted by Crippen LogP contribution is -2.31. The van der Waals surface area contributed by atoms with Gasteiger partial charge in [-0.1, -0.05) is 19.9 Å². The third-order valence-electron chi connectivity index (χ3n) is 3.95. The van der Waals surface area contributed by atoms with Crippen LogP contribution in [0.5, 0.6) is 0 Å². The highest BCUT2D eigenvalue weighted by Gasteiger charge is 2.24. The number of carbonyl (C=O) groups excluding carboxylic acids is 1. The maximum absolute atomic E-state index is 13.7. The summed E-state index contributed by atoms with van der Waals surface area (Å²) in [4.78, 5) is 12.3. The molecule has 0 saturated carbocycles. The quantitative estimate of drug-likeness (QED) is 0.831. The molecule has 0 bridgehead atoms. The lowest BCUT2D eigenvalue weighted by atomic mass is 10.1. The number of anilines is 1. The van der Waals surface area contributed by atoms with E-state index in [0.717, 1.165) is 12.1 Å². The largest absolute Gasteiger partial charge is 0.322 e. The van der Waals surface area contributed by atoms with E-state index in [4.69, 9.17) is 0 Å². The molecule has 1 amide bonds. The molecule has 0 radical (unpaired) electrons. The van der Waals surface area contributed by atoms with E-state index in [9.17, 15) is 22.0 Å². The number of nitrogens with one attached hydrogen (secondary N) is 1. The number of rotatable bonds is 6. The van der Waals surface area contributed by atoms with Gasteiger partial charge in [-0.25, -0.2) is 17.2 Å². The second-order valence-electron chi connectivity index (χ2n) is 5.65. The lowest BCUT2D eigenvalue weighted by Gasteiger charge is -2.20. The Morgan fingerprint density at radius 3 is 2.31 bits per heavy atom. The van der Waals surface area contributed by atoms with Crippen LogP contribution in [0.4, 0.5) is 14.5 Å². The average Bonchev–Trinajstić information content (AvgIpc) is 2.57. The molecule has 0 saturated heterocycles. The first-order valence-electron chi connectivity index (χ1n) is 8.07. The highest BCUT2D eigenvalue weighted by molar-refractivity contribution is 7.89. The highest BCUT2D eigenvalue weighted by Crippen LogP contribution is 2.24. The topological polar surface area (TPSA) is 66.5 Å². The fourth-order valence-electron chi connectivity index (χ4n) is 2.53. The van der Waals surface area contributed by atoms with Crippen LogP contribution in [0.3, 0.4) is 0 Å². The Labute approximate surface area is 151 Å². The Kier molecular flexibility index (Phi) is 6.09. The van der Waals surface area contributed by atoms with Crippen molar-refractivity contribution < 1.29 is 22.0 Å². The Bertz CT molecular complexity index is 926. The van der Waals surface area contributed by atoms with Crippen molar-refractivity contribution in [3.05, 3.63) is 59.2 Å². The van der Waals surface area contributed by atoms with Crippen molar-refractivity contribution in [3.63, 3.8) is 0 Å². The summed E-state index contributed by atoms with van der Waals surface area (Å²) in [5.41, 5.74) is 0.401. The van der Waals surface area contributed by atoms with Crippen molar-refractivity contribution in [3.8, 4) is 0 Å². The molecule has 0 unspecified atom stereocenters. The summed E-state index contributed by atoms with van der Waals surface area (Å²) in [6.07, 6.45) is 0. The first-order chi connectivity index (χ1) is 12.2. The minimum Gasteiger partial charge on any atom is -0.322 e. The van der Waals surface area contributed by atoms with E-state index < -0.39 is 27.6 Å². The minimum atomic E-state index is -3.71. The summed E-state index contributed by atoms with van der Waals surface area (Å²) >= 11 is 0. The van der Waals surface area contributed by atoms with Crippen molar-refractivity contribution in [2.24, 2.45) is 0 Å². The Morgan fingerprint density at radius 1 is 1.08 bits per heavy atom. The van der Waals surface area contributed by atoms with Crippen LogP contribution in [0.2, 0.25) is 0 Å². The predicted octanol–water partition coefficient (Wildman–Crippen LogP) is 3.56. The molecular formula is C18H20F2N2O3S. The van der Waals surface area contributed by atoms with Crippen LogP contribution in [0, 0.1) is 18.6 Å². The molecule has 2 aromatic rings. The highest BCUT2D eigenvalue weighted by atomic mass is 32.2. The lowest BCUT2D eigenvalue weighted by molar-refractivity contribution is 0.102. The fraction of sp³-hybridized carbons (Fsp3) is 0.278. The third-order valence-corrected chi connectivity index (χ3v) is 6.14. The molecule has 0 aliphatic rings. The molecule has 0 heterocycles. The summed E-state index contributed by atoms with van der Waals surface area (Å²) in [5.74, 6) is -2.58. The number of halogens is 2. The van der Waals surface area contributed by atoms with Gasteiger partial charge in [-0.15, -0.1) is 0 Å². The smallest absolute Gasteiger partial charge is 0.258 e. The number of sulfonamides is 1. The Hall–Kier alpha value is -2.32. The molecule has 2 aromatic carbocycles. The Morgan fingerprint density at radius 2 is 1.73 bits per heavy atom. The van der Waals surface area contributed by atoms with Crippen LogP contribution in [0.1, 0.15) is 29.8 Å². The van der Waals surface area contributed by atoms with Crippen LogP contribution in [0.25, 0.3) is 0 Å². The molecule has 8 heteroatoms. The predicted molar refractivity (Wildman–Crippen MR) is 95.6 cm³/mol. The molecule has 5 nitrogen and oxygen atoms in total. The first-order valence-corrected chi connectivity index (χ1v) is 9.51. The minimum absolute atomic E-state index is 0.0681. The van der Waals surface area contributed by atoms with E-state index in [2.05, 4.69) is 5.32 Å². The van der Waals surface area contributed by atoms with E-state index in [1.165, 1.54) is 16.4 Å². The molecule has 140 valence electrons. The van der Waals surface area contributed by atoms with Gasteiger partial charge in [0.25, 0.3) is 5.91 Å². The molecule has 1 N–H and O–H groups in total. The van der Waals surface area contributed by atoms with Gasteiger partial charge in [-0.3, -0.25) is 4.79 Å². The number of benzene rings is 2. The van der Waals surface area contributed by atoms with Gasteiger partial charge in [0.15, 0.2) is 0 Å². The van der Waals surface area contributed by atoms with Crippen molar-refractivity contribution in [1.82, 2.24) is 4.31 Å². The maximum Gasteiger partial charge on any atom is 0.258 e. The fourth-order valence-corrected chi connectivity index (χ4v) is 4.24. The summed E-state index contributed by atoms with van der Waals surface area (Å²) in [6.45, 7) is 5.76. The molecule has 0 atom stereocenters. The second kappa shape index (κ2) is 7.92. The van der Waals surface area contributed by atoms with E-state index in [-0.39, 0.29) is 16.1 Å². The summed E-state index contributed by atoms with van der Waals surface area (Å²) < 4.78 is 53.5. The first kappa shape index (κ1) is 20.0. The zero-order valence-corrected chi connectivity index (χ0v) is 15.5. The molecule has 0 spiro atoms. The number of hydrogen-bond acceptors (Lipinski definition) is 3. The molecule has 2 rings (SSSR count). The number of hydrogen-bond donors (Lipinski definition) is 1. The van der Waals surface area contributed by atoms with Crippen molar-refractivity contribution >= 4 is 21.6 Å². The van der Waals surface area contributed by atoms with Gasteiger partial charge in [0, 0.05) is 24.8 Å². The SMILES string of the molecule is CCN(CC)S(=O)(=O)c1cc(NC(=O)c2ccc(F)cc2F)ccc1C. The van der Waals surface area contributed by atoms with Crippen LogP contribution in [0.15, 0.2) is 41.3 Å². The second-order valence-corrected chi connectivity index (χ2v) is 7.55. The zero-order valence-electron chi connectivity index (χ0n) is 14.7. The summed E-state index contributed by atoms with van der Waals surface area (Å²) in [6, 6.07) is 7.04. The van der Waals surface area contributed by atoms with Crippen LogP contribution in [-0.2, 0) is 10.0 Å².